The van der Waals surface area contributed by atoms with Gasteiger partial charge in [0.1, 0.15) is 29.3 Å². The van der Waals surface area contributed by atoms with Gasteiger partial charge in [0, 0.05) is 18.5 Å². The van der Waals surface area contributed by atoms with Crippen molar-refractivity contribution in [2.45, 2.75) is 26.7 Å². The van der Waals surface area contributed by atoms with Gasteiger partial charge in [-0.2, -0.15) is 0 Å². The largest absolute Gasteiger partial charge is 0.438 e. The molecule has 0 fully saturated rings. The molecule has 0 radical (unpaired) electrons. The van der Waals surface area contributed by atoms with Crippen molar-refractivity contribution in [1.82, 2.24) is 15.0 Å². The number of ketones is 1. The van der Waals surface area contributed by atoms with Crippen LogP contribution in [0.3, 0.4) is 0 Å². The predicted octanol–water partition coefficient (Wildman–Crippen LogP) is 4.86. The summed E-state index contributed by atoms with van der Waals surface area (Å²) >= 11 is 0. The van der Waals surface area contributed by atoms with E-state index in [4.69, 9.17) is 4.74 Å². The summed E-state index contributed by atoms with van der Waals surface area (Å²) in [6, 6.07) is 13.4. The maximum Gasteiger partial charge on any atom is 0.232 e. The second-order valence-electron chi connectivity index (χ2n) is 7.04. The van der Waals surface area contributed by atoms with Crippen LogP contribution in [0.5, 0.6) is 11.6 Å². The van der Waals surface area contributed by atoms with Gasteiger partial charge in [-0.25, -0.2) is 14.4 Å². The third-order valence-electron chi connectivity index (χ3n) is 4.91. The number of aromatic nitrogens is 3. The lowest BCUT2D eigenvalue weighted by atomic mass is 10.0. The number of halogens is 1. The monoisotopic (exact) mass is 389 g/mol. The summed E-state index contributed by atoms with van der Waals surface area (Å²) < 4.78 is 18.9. The number of aromatic amines is 1. The maximum atomic E-state index is 13.0. The van der Waals surface area contributed by atoms with Crippen LogP contribution in [0.25, 0.3) is 11.0 Å². The van der Waals surface area contributed by atoms with E-state index < -0.39 is 0 Å². The van der Waals surface area contributed by atoms with Crippen LogP contribution in [0.15, 0.2) is 54.9 Å². The Balaban J connectivity index is 1.44. The van der Waals surface area contributed by atoms with E-state index in [1.807, 2.05) is 38.1 Å². The lowest BCUT2D eigenvalue weighted by Crippen LogP contribution is -2.06. The molecule has 1 N–H and O–H groups in total. The lowest BCUT2D eigenvalue weighted by Gasteiger charge is -2.07. The first-order valence-electron chi connectivity index (χ1n) is 9.32. The molecule has 6 heteroatoms. The van der Waals surface area contributed by atoms with Gasteiger partial charge in [-0.05, 0) is 54.8 Å². The Morgan fingerprint density at radius 3 is 2.24 bits per heavy atom. The van der Waals surface area contributed by atoms with E-state index in [9.17, 15) is 9.18 Å². The molecule has 0 spiro atoms. The molecule has 0 bridgehead atoms. The molecule has 0 amide bonds. The van der Waals surface area contributed by atoms with Crippen LogP contribution in [0, 0.1) is 19.7 Å². The second-order valence-corrected chi connectivity index (χ2v) is 7.04. The topological polar surface area (TPSA) is 67.9 Å². The normalized spacial score (nSPS) is 11.0. The predicted molar refractivity (Wildman–Crippen MR) is 109 cm³/mol. The maximum absolute atomic E-state index is 13.0. The zero-order valence-electron chi connectivity index (χ0n) is 16.2. The minimum atomic E-state index is -0.303. The van der Waals surface area contributed by atoms with Gasteiger partial charge in [0.15, 0.2) is 0 Å². The number of benzene rings is 2. The number of ether oxygens (including phenoxy) is 1. The summed E-state index contributed by atoms with van der Waals surface area (Å²) in [5, 5.41) is 0.864. The van der Waals surface area contributed by atoms with Crippen molar-refractivity contribution in [2.24, 2.45) is 0 Å². The third kappa shape index (κ3) is 4.16. The Bertz CT molecular complexity index is 1170. The average Bonchev–Trinajstić information content (AvgIpc) is 3.00. The van der Waals surface area contributed by atoms with Gasteiger partial charge in [-0.1, -0.05) is 24.3 Å². The number of carbonyl (C=O) groups is 1. The molecule has 0 unspecified atom stereocenters. The number of aryl methyl sites for hydroxylation is 2. The summed E-state index contributed by atoms with van der Waals surface area (Å²) in [7, 11) is 0. The first-order valence-corrected chi connectivity index (χ1v) is 9.32. The summed E-state index contributed by atoms with van der Waals surface area (Å²) in [5.74, 6) is 0.902. The molecule has 5 nitrogen and oxygen atoms in total. The molecule has 0 aliphatic rings. The number of carbonyl (C=O) groups excluding carboxylic acids is 1. The number of rotatable bonds is 6. The van der Waals surface area contributed by atoms with Gasteiger partial charge in [0.05, 0.1) is 5.39 Å². The molecule has 4 rings (SSSR count). The fraction of sp³-hybridized carbons (Fsp3) is 0.174. The standard InChI is InChI=1S/C23H20FN3O2/c1-14-15(2)27-22-21(14)23(26-13-25-22)29-20-9-5-17(6-10-20)12-19(28)11-16-3-7-18(24)8-4-16/h3-10,13H,11-12H2,1-2H3,(H,25,26,27). The number of nitrogens with zero attached hydrogens (tertiary/aromatic N) is 2. The molecule has 2 aromatic heterocycles. The molecule has 2 aromatic carbocycles. The van der Waals surface area contributed by atoms with E-state index in [0.29, 0.717) is 18.1 Å². The van der Waals surface area contributed by atoms with Gasteiger partial charge in [0.2, 0.25) is 5.88 Å². The summed E-state index contributed by atoms with van der Waals surface area (Å²) in [6.07, 6.45) is 2.06. The van der Waals surface area contributed by atoms with Crippen molar-refractivity contribution >= 4 is 16.8 Å². The van der Waals surface area contributed by atoms with E-state index in [2.05, 4.69) is 15.0 Å². The molecule has 29 heavy (non-hydrogen) atoms. The molecule has 0 aliphatic heterocycles. The Morgan fingerprint density at radius 2 is 1.59 bits per heavy atom. The smallest absolute Gasteiger partial charge is 0.232 e. The van der Waals surface area contributed by atoms with Gasteiger partial charge >= 0.3 is 0 Å². The van der Waals surface area contributed by atoms with Crippen molar-refractivity contribution < 1.29 is 13.9 Å². The number of hydrogen-bond donors (Lipinski definition) is 1. The molecule has 2 heterocycles. The minimum Gasteiger partial charge on any atom is -0.438 e. The van der Waals surface area contributed by atoms with Crippen molar-refractivity contribution in [3.05, 3.63) is 83.1 Å². The Kier molecular flexibility index (Phi) is 5.08. The van der Waals surface area contributed by atoms with Crippen molar-refractivity contribution in [2.75, 3.05) is 0 Å². The van der Waals surface area contributed by atoms with Crippen LogP contribution < -0.4 is 4.74 Å². The van der Waals surface area contributed by atoms with E-state index in [-0.39, 0.29) is 18.0 Å². The van der Waals surface area contributed by atoms with E-state index in [1.165, 1.54) is 18.5 Å². The fourth-order valence-corrected chi connectivity index (χ4v) is 3.25. The summed E-state index contributed by atoms with van der Waals surface area (Å²) in [4.78, 5) is 24.0. The first kappa shape index (κ1) is 18.8. The Morgan fingerprint density at radius 1 is 0.966 bits per heavy atom. The third-order valence-corrected chi connectivity index (χ3v) is 4.91. The molecule has 0 saturated carbocycles. The molecule has 4 aromatic rings. The van der Waals surface area contributed by atoms with Crippen LogP contribution in [0.4, 0.5) is 4.39 Å². The molecular weight excluding hydrogens is 369 g/mol. The molecule has 0 atom stereocenters. The summed E-state index contributed by atoms with van der Waals surface area (Å²) in [5.41, 5.74) is 4.53. The first-order chi connectivity index (χ1) is 14.0. The number of H-pyrrole nitrogens is 1. The highest BCUT2D eigenvalue weighted by Crippen LogP contribution is 2.30. The highest BCUT2D eigenvalue weighted by molar-refractivity contribution is 5.86. The second kappa shape index (κ2) is 7.83. The quantitative estimate of drug-likeness (QED) is 0.511. The Hall–Kier alpha value is -3.54. The number of hydrogen-bond acceptors (Lipinski definition) is 4. The molecule has 0 saturated heterocycles. The highest BCUT2D eigenvalue weighted by Gasteiger charge is 2.13. The van der Waals surface area contributed by atoms with Crippen molar-refractivity contribution in [1.29, 1.82) is 0 Å². The van der Waals surface area contributed by atoms with Gasteiger partial charge in [-0.15, -0.1) is 0 Å². The average molecular weight is 389 g/mol. The number of Topliss-reactive ketones (excluding diaryl/α,β-unsaturated/α-hetero) is 1. The molecule has 146 valence electrons. The van der Waals surface area contributed by atoms with Gasteiger partial charge in [-0.3, -0.25) is 4.79 Å². The van der Waals surface area contributed by atoms with Crippen LogP contribution in [0.2, 0.25) is 0 Å². The minimum absolute atomic E-state index is 0.0706. The zero-order valence-corrected chi connectivity index (χ0v) is 16.2. The van der Waals surface area contributed by atoms with Gasteiger partial charge < -0.3 is 9.72 Å². The van der Waals surface area contributed by atoms with Crippen molar-refractivity contribution in [3.63, 3.8) is 0 Å². The van der Waals surface area contributed by atoms with E-state index in [1.54, 1.807) is 12.1 Å². The fourth-order valence-electron chi connectivity index (χ4n) is 3.25. The van der Waals surface area contributed by atoms with Crippen LogP contribution in [-0.4, -0.2) is 20.7 Å². The molecular formula is C23H20FN3O2. The van der Waals surface area contributed by atoms with Crippen LogP contribution in [0.1, 0.15) is 22.4 Å². The van der Waals surface area contributed by atoms with Crippen molar-refractivity contribution in [3.8, 4) is 11.6 Å². The van der Waals surface area contributed by atoms with E-state index >= 15 is 0 Å². The SMILES string of the molecule is Cc1[nH]c2ncnc(Oc3ccc(CC(=O)Cc4ccc(F)cc4)cc3)c2c1C. The molecule has 0 aliphatic carbocycles. The lowest BCUT2D eigenvalue weighted by molar-refractivity contribution is -0.117. The van der Waals surface area contributed by atoms with Crippen LogP contribution in [-0.2, 0) is 17.6 Å². The highest BCUT2D eigenvalue weighted by atomic mass is 19.1. The van der Waals surface area contributed by atoms with E-state index in [0.717, 1.165) is 33.4 Å². The zero-order chi connectivity index (χ0) is 20.4. The van der Waals surface area contributed by atoms with Gasteiger partial charge in [0.25, 0.3) is 0 Å². The van der Waals surface area contributed by atoms with Crippen LogP contribution >= 0.6 is 0 Å². The Labute approximate surface area is 167 Å². The number of nitrogens with one attached hydrogen (secondary N) is 1. The summed E-state index contributed by atoms with van der Waals surface area (Å²) in [6.45, 7) is 3.98. The number of fused-ring (bicyclic) bond motifs is 1.